The number of nitrogens with one attached hydrogen (secondary N) is 1. The van der Waals surface area contributed by atoms with Gasteiger partial charge < -0.3 is 5.11 Å². The molecular formula is C8H19NO3S2. The molecule has 0 saturated heterocycles. The Balaban J connectivity index is 3.82. The molecule has 0 aromatic heterocycles. The molecule has 0 aromatic rings. The van der Waals surface area contributed by atoms with E-state index in [4.69, 9.17) is 5.11 Å². The molecule has 0 amide bonds. The smallest absolute Gasteiger partial charge is 0.211 e. The van der Waals surface area contributed by atoms with E-state index in [1.54, 1.807) is 11.8 Å². The summed E-state index contributed by atoms with van der Waals surface area (Å²) in [5.74, 6) is 0.880. The number of sulfonamides is 1. The average Bonchev–Trinajstić information content (AvgIpc) is 2.03. The Kier molecular flexibility index (Phi) is 7.62. The fourth-order valence-electron chi connectivity index (χ4n) is 1.05. The first-order valence-electron chi connectivity index (χ1n) is 4.61. The Bertz CT molecular complexity index is 229. The Hall–Kier alpha value is 0.220. The van der Waals surface area contributed by atoms with E-state index in [9.17, 15) is 8.42 Å². The lowest BCUT2D eigenvalue weighted by Gasteiger charge is -2.12. The number of rotatable bonds is 8. The number of thioether (sulfide) groups is 1. The van der Waals surface area contributed by atoms with E-state index in [-0.39, 0.29) is 18.4 Å². The minimum absolute atomic E-state index is 0.0240. The van der Waals surface area contributed by atoms with Crippen molar-refractivity contribution in [2.75, 3.05) is 24.4 Å². The minimum Gasteiger partial charge on any atom is -0.396 e. The maximum atomic E-state index is 11.4. The van der Waals surface area contributed by atoms with Crippen molar-refractivity contribution in [2.45, 2.75) is 25.8 Å². The highest BCUT2D eigenvalue weighted by atomic mass is 32.2. The first-order valence-corrected chi connectivity index (χ1v) is 7.66. The zero-order valence-electron chi connectivity index (χ0n) is 8.69. The zero-order chi connectivity index (χ0) is 11.0. The van der Waals surface area contributed by atoms with Crippen molar-refractivity contribution in [2.24, 2.45) is 0 Å². The van der Waals surface area contributed by atoms with Crippen LogP contribution < -0.4 is 4.72 Å². The lowest BCUT2D eigenvalue weighted by Crippen LogP contribution is -2.35. The van der Waals surface area contributed by atoms with E-state index in [0.717, 1.165) is 5.75 Å². The second-order valence-electron chi connectivity index (χ2n) is 3.22. The Morgan fingerprint density at radius 1 is 1.43 bits per heavy atom. The number of aliphatic hydroxyl groups is 1. The van der Waals surface area contributed by atoms with Crippen molar-refractivity contribution in [1.29, 1.82) is 0 Å². The number of aliphatic hydroxyl groups excluding tert-OH is 1. The summed E-state index contributed by atoms with van der Waals surface area (Å²) in [5.41, 5.74) is 0. The van der Waals surface area contributed by atoms with Crippen molar-refractivity contribution >= 4 is 21.8 Å². The molecule has 0 aliphatic rings. The van der Waals surface area contributed by atoms with Gasteiger partial charge in [-0.05, 0) is 26.0 Å². The zero-order valence-corrected chi connectivity index (χ0v) is 10.3. The average molecular weight is 241 g/mol. The van der Waals surface area contributed by atoms with Crippen LogP contribution in [0, 0.1) is 0 Å². The third-order valence-electron chi connectivity index (χ3n) is 1.62. The van der Waals surface area contributed by atoms with Gasteiger partial charge in [-0.2, -0.15) is 11.8 Å². The molecule has 0 rings (SSSR count). The van der Waals surface area contributed by atoms with Crippen molar-refractivity contribution in [1.82, 2.24) is 4.72 Å². The molecule has 0 spiro atoms. The molecule has 14 heavy (non-hydrogen) atoms. The van der Waals surface area contributed by atoms with Gasteiger partial charge in [0.25, 0.3) is 0 Å². The largest absolute Gasteiger partial charge is 0.396 e. The normalized spacial score (nSPS) is 14.2. The van der Waals surface area contributed by atoms with E-state index < -0.39 is 10.0 Å². The summed E-state index contributed by atoms with van der Waals surface area (Å²) < 4.78 is 25.4. The summed E-state index contributed by atoms with van der Waals surface area (Å²) in [5, 5.41) is 8.51. The molecule has 0 bridgehead atoms. The summed E-state index contributed by atoms with van der Waals surface area (Å²) in [6, 6.07) is -0.0240. The van der Waals surface area contributed by atoms with Gasteiger partial charge in [-0.3, -0.25) is 0 Å². The lowest BCUT2D eigenvalue weighted by atomic mass is 10.4. The van der Waals surface area contributed by atoms with E-state index in [0.29, 0.717) is 12.8 Å². The predicted molar refractivity (Wildman–Crippen MR) is 61.1 cm³/mol. The minimum atomic E-state index is -3.15. The van der Waals surface area contributed by atoms with Crippen LogP contribution in [0.2, 0.25) is 0 Å². The number of hydrogen-bond acceptors (Lipinski definition) is 4. The predicted octanol–water partition coefficient (Wildman–Crippen LogP) is 0.430. The van der Waals surface area contributed by atoms with Crippen LogP contribution in [0.1, 0.15) is 19.8 Å². The van der Waals surface area contributed by atoms with Gasteiger partial charge in [-0.1, -0.05) is 0 Å². The highest BCUT2D eigenvalue weighted by Crippen LogP contribution is 2.00. The maximum Gasteiger partial charge on any atom is 0.211 e. The first-order chi connectivity index (χ1) is 6.52. The van der Waals surface area contributed by atoms with Gasteiger partial charge in [-0.15, -0.1) is 0 Å². The summed E-state index contributed by atoms with van der Waals surface area (Å²) in [6.45, 7) is 1.90. The van der Waals surface area contributed by atoms with Crippen LogP contribution in [0.15, 0.2) is 0 Å². The van der Waals surface area contributed by atoms with Gasteiger partial charge in [0, 0.05) is 18.4 Å². The molecule has 1 unspecified atom stereocenters. The van der Waals surface area contributed by atoms with Crippen LogP contribution >= 0.6 is 11.8 Å². The highest BCUT2D eigenvalue weighted by Gasteiger charge is 2.13. The first kappa shape index (κ1) is 14.2. The molecule has 0 aliphatic heterocycles. The van der Waals surface area contributed by atoms with Crippen molar-refractivity contribution in [3.8, 4) is 0 Å². The molecular weight excluding hydrogens is 222 g/mol. The van der Waals surface area contributed by atoms with E-state index in [1.165, 1.54) is 0 Å². The van der Waals surface area contributed by atoms with Gasteiger partial charge in [-0.25, -0.2) is 13.1 Å². The third-order valence-corrected chi connectivity index (χ3v) is 4.04. The van der Waals surface area contributed by atoms with Gasteiger partial charge in [0.05, 0.1) is 5.75 Å². The van der Waals surface area contributed by atoms with Crippen molar-refractivity contribution in [3.63, 3.8) is 0 Å². The Morgan fingerprint density at radius 3 is 2.57 bits per heavy atom. The molecule has 0 saturated carbocycles. The molecule has 0 heterocycles. The van der Waals surface area contributed by atoms with Crippen LogP contribution in [0.5, 0.6) is 0 Å². The number of unbranched alkanes of at least 4 members (excludes halogenated alkanes) is 1. The third kappa shape index (κ3) is 7.61. The lowest BCUT2D eigenvalue weighted by molar-refractivity contribution is 0.287. The van der Waals surface area contributed by atoms with Gasteiger partial charge >= 0.3 is 0 Å². The summed E-state index contributed by atoms with van der Waals surface area (Å²) >= 11 is 1.61. The maximum absolute atomic E-state index is 11.4. The fourth-order valence-corrected chi connectivity index (χ4v) is 3.14. The molecule has 1 atom stereocenters. The summed E-state index contributed by atoms with van der Waals surface area (Å²) in [6.07, 6.45) is 2.99. The van der Waals surface area contributed by atoms with Gasteiger partial charge in [0.1, 0.15) is 0 Å². The second-order valence-corrected chi connectivity index (χ2v) is 6.01. The van der Waals surface area contributed by atoms with Crippen LogP contribution in [-0.2, 0) is 10.0 Å². The molecule has 0 aliphatic carbocycles. The van der Waals surface area contributed by atoms with Gasteiger partial charge in [0.15, 0.2) is 0 Å². The standard InChI is InChI=1S/C8H19NO3S2/c1-8(7-13-2)9-14(11,12)6-4-3-5-10/h8-10H,3-7H2,1-2H3. The molecule has 0 fully saturated rings. The fraction of sp³-hybridized carbons (Fsp3) is 1.00. The molecule has 0 aromatic carbocycles. The monoisotopic (exact) mass is 241 g/mol. The van der Waals surface area contributed by atoms with E-state index in [1.807, 2.05) is 13.2 Å². The summed E-state index contributed by atoms with van der Waals surface area (Å²) in [7, 11) is -3.15. The van der Waals surface area contributed by atoms with Crippen molar-refractivity contribution < 1.29 is 13.5 Å². The van der Waals surface area contributed by atoms with Crippen LogP contribution in [0.25, 0.3) is 0 Å². The van der Waals surface area contributed by atoms with Gasteiger partial charge in [0.2, 0.25) is 10.0 Å². The summed E-state index contributed by atoms with van der Waals surface area (Å²) in [4.78, 5) is 0. The van der Waals surface area contributed by atoms with E-state index in [2.05, 4.69) is 4.72 Å². The topological polar surface area (TPSA) is 66.4 Å². The van der Waals surface area contributed by atoms with Crippen LogP contribution in [-0.4, -0.2) is 43.9 Å². The second kappa shape index (κ2) is 7.50. The molecule has 6 heteroatoms. The Labute approximate surface area is 90.5 Å². The van der Waals surface area contributed by atoms with Crippen LogP contribution in [0.3, 0.4) is 0 Å². The van der Waals surface area contributed by atoms with Crippen molar-refractivity contribution in [3.05, 3.63) is 0 Å². The SMILES string of the molecule is CSCC(C)NS(=O)(=O)CCCCO. The quantitative estimate of drug-likeness (QED) is 0.605. The van der Waals surface area contributed by atoms with E-state index >= 15 is 0 Å². The number of hydrogen-bond donors (Lipinski definition) is 2. The van der Waals surface area contributed by atoms with Crippen LogP contribution in [0.4, 0.5) is 0 Å². The Morgan fingerprint density at radius 2 is 2.07 bits per heavy atom. The molecule has 4 nitrogen and oxygen atoms in total. The molecule has 86 valence electrons. The highest BCUT2D eigenvalue weighted by molar-refractivity contribution is 7.98. The molecule has 0 radical (unpaired) electrons. The molecule has 2 N–H and O–H groups in total.